The van der Waals surface area contributed by atoms with Crippen LogP contribution in [0, 0.1) is 5.92 Å². The molecule has 84 valence electrons. The van der Waals surface area contributed by atoms with Crippen LogP contribution >= 0.6 is 0 Å². The van der Waals surface area contributed by atoms with Gasteiger partial charge in [0.05, 0.1) is 0 Å². The average Bonchev–Trinajstić information content (AvgIpc) is 2.60. The van der Waals surface area contributed by atoms with Gasteiger partial charge in [-0.05, 0) is 25.2 Å². The molecule has 0 saturated heterocycles. The van der Waals surface area contributed by atoms with E-state index in [0.717, 1.165) is 25.0 Å². The van der Waals surface area contributed by atoms with Gasteiger partial charge in [0.1, 0.15) is 0 Å². The van der Waals surface area contributed by atoms with Gasteiger partial charge >= 0.3 is 0 Å². The van der Waals surface area contributed by atoms with E-state index in [-0.39, 0.29) is 0 Å². The third-order valence-corrected chi connectivity index (χ3v) is 3.21. The lowest BCUT2D eigenvalue weighted by molar-refractivity contribution is 0.278. The molecule has 0 amide bonds. The molecule has 2 rings (SSSR count). The number of hydrogen-bond acceptors (Lipinski definition) is 2. The Hall–Kier alpha value is -0.990. The standard InChI is InChI=1S/C12H21N3/c1-2-3-7-13-12-14-8-9-15(12)10-11-5-4-6-11/h8-9,11H,2-7,10H2,1H3,(H,13,14). The van der Waals surface area contributed by atoms with E-state index in [1.807, 2.05) is 6.20 Å². The molecule has 0 unspecified atom stereocenters. The summed E-state index contributed by atoms with van der Waals surface area (Å²) in [5.41, 5.74) is 0. The van der Waals surface area contributed by atoms with Crippen molar-refractivity contribution in [1.82, 2.24) is 9.55 Å². The van der Waals surface area contributed by atoms with Crippen molar-refractivity contribution in [3.05, 3.63) is 12.4 Å². The van der Waals surface area contributed by atoms with Crippen LogP contribution in [0.3, 0.4) is 0 Å². The zero-order valence-electron chi connectivity index (χ0n) is 9.58. The van der Waals surface area contributed by atoms with Gasteiger partial charge in [-0.2, -0.15) is 0 Å². The highest BCUT2D eigenvalue weighted by Crippen LogP contribution is 2.28. The molecule has 3 heteroatoms. The predicted molar refractivity (Wildman–Crippen MR) is 63.0 cm³/mol. The smallest absolute Gasteiger partial charge is 0.202 e. The van der Waals surface area contributed by atoms with Gasteiger partial charge in [-0.1, -0.05) is 19.8 Å². The Balaban J connectivity index is 1.83. The Kier molecular flexibility index (Phi) is 3.64. The molecule has 0 aromatic carbocycles. The molecule has 1 fully saturated rings. The average molecular weight is 207 g/mol. The topological polar surface area (TPSA) is 29.9 Å². The molecule has 1 aromatic rings. The van der Waals surface area contributed by atoms with Crippen LogP contribution in [0.4, 0.5) is 5.95 Å². The van der Waals surface area contributed by atoms with Crippen LogP contribution in [0.2, 0.25) is 0 Å². The minimum atomic E-state index is 0.894. The van der Waals surface area contributed by atoms with Gasteiger partial charge in [-0.3, -0.25) is 0 Å². The molecule has 0 bridgehead atoms. The molecule has 0 radical (unpaired) electrons. The van der Waals surface area contributed by atoms with Gasteiger partial charge < -0.3 is 9.88 Å². The van der Waals surface area contributed by atoms with E-state index >= 15 is 0 Å². The summed E-state index contributed by atoms with van der Waals surface area (Å²) in [6, 6.07) is 0. The Morgan fingerprint density at radius 2 is 2.40 bits per heavy atom. The van der Waals surface area contributed by atoms with Crippen LogP contribution in [-0.2, 0) is 6.54 Å². The summed E-state index contributed by atoms with van der Waals surface area (Å²) in [7, 11) is 0. The zero-order valence-corrected chi connectivity index (χ0v) is 9.58. The fourth-order valence-electron chi connectivity index (χ4n) is 1.95. The second-order valence-corrected chi connectivity index (χ2v) is 4.48. The van der Waals surface area contributed by atoms with Gasteiger partial charge in [0, 0.05) is 25.5 Å². The Morgan fingerprint density at radius 1 is 1.53 bits per heavy atom. The lowest BCUT2D eigenvalue weighted by Gasteiger charge is -2.26. The normalized spacial score (nSPS) is 16.3. The van der Waals surface area contributed by atoms with Crippen molar-refractivity contribution in [2.45, 2.75) is 45.6 Å². The Morgan fingerprint density at radius 3 is 3.07 bits per heavy atom. The predicted octanol–water partition coefficient (Wildman–Crippen LogP) is 2.90. The van der Waals surface area contributed by atoms with Crippen LogP contribution in [0.15, 0.2) is 12.4 Å². The fraction of sp³-hybridized carbons (Fsp3) is 0.750. The minimum Gasteiger partial charge on any atom is -0.356 e. The Bertz CT molecular complexity index is 289. The van der Waals surface area contributed by atoms with Crippen molar-refractivity contribution in [3.8, 4) is 0 Å². The number of aromatic nitrogens is 2. The molecule has 0 atom stereocenters. The summed E-state index contributed by atoms with van der Waals surface area (Å²) in [6.45, 7) is 4.40. The highest BCUT2D eigenvalue weighted by molar-refractivity contribution is 5.25. The van der Waals surface area contributed by atoms with E-state index in [1.54, 1.807) is 0 Å². The molecule has 0 spiro atoms. The second-order valence-electron chi connectivity index (χ2n) is 4.48. The molecule has 1 N–H and O–H groups in total. The summed E-state index contributed by atoms with van der Waals surface area (Å²) >= 11 is 0. The number of anilines is 1. The van der Waals surface area contributed by atoms with Gasteiger partial charge in [-0.25, -0.2) is 4.98 Å². The third-order valence-electron chi connectivity index (χ3n) is 3.21. The molecular formula is C12H21N3. The van der Waals surface area contributed by atoms with Crippen molar-refractivity contribution in [2.24, 2.45) is 5.92 Å². The first kappa shape index (κ1) is 10.5. The highest BCUT2D eigenvalue weighted by atomic mass is 15.2. The van der Waals surface area contributed by atoms with Crippen molar-refractivity contribution < 1.29 is 0 Å². The summed E-state index contributed by atoms with van der Waals surface area (Å²) in [5, 5.41) is 3.40. The molecular weight excluding hydrogens is 186 g/mol. The summed E-state index contributed by atoms with van der Waals surface area (Å²) in [5.74, 6) is 1.95. The number of hydrogen-bond donors (Lipinski definition) is 1. The van der Waals surface area contributed by atoms with Gasteiger partial charge in [0.2, 0.25) is 5.95 Å². The number of rotatable bonds is 6. The second kappa shape index (κ2) is 5.19. The summed E-state index contributed by atoms with van der Waals surface area (Å²) in [6.07, 6.45) is 10.6. The van der Waals surface area contributed by atoms with Gasteiger partial charge in [-0.15, -0.1) is 0 Å². The van der Waals surface area contributed by atoms with Gasteiger partial charge in [0.15, 0.2) is 0 Å². The number of nitrogens with one attached hydrogen (secondary N) is 1. The van der Waals surface area contributed by atoms with Crippen LogP contribution in [0.5, 0.6) is 0 Å². The monoisotopic (exact) mass is 207 g/mol. The molecule has 1 aromatic heterocycles. The zero-order chi connectivity index (χ0) is 10.5. The first-order valence-corrected chi connectivity index (χ1v) is 6.15. The lowest BCUT2D eigenvalue weighted by atomic mass is 9.85. The fourth-order valence-corrected chi connectivity index (χ4v) is 1.95. The Labute approximate surface area is 91.9 Å². The minimum absolute atomic E-state index is 0.894. The molecule has 0 aliphatic heterocycles. The maximum absolute atomic E-state index is 4.35. The number of imidazole rings is 1. The summed E-state index contributed by atoms with van der Waals surface area (Å²) < 4.78 is 2.26. The van der Waals surface area contributed by atoms with E-state index < -0.39 is 0 Å². The maximum atomic E-state index is 4.35. The van der Waals surface area contributed by atoms with Crippen molar-refractivity contribution >= 4 is 5.95 Å². The molecule has 3 nitrogen and oxygen atoms in total. The maximum Gasteiger partial charge on any atom is 0.202 e. The summed E-state index contributed by atoms with van der Waals surface area (Å²) in [4.78, 5) is 4.35. The van der Waals surface area contributed by atoms with E-state index in [1.165, 1.54) is 32.1 Å². The van der Waals surface area contributed by atoms with E-state index in [0.29, 0.717) is 0 Å². The first-order valence-electron chi connectivity index (χ1n) is 6.15. The SMILES string of the molecule is CCCCNc1nccn1CC1CCC1. The molecule has 1 heterocycles. The largest absolute Gasteiger partial charge is 0.356 e. The van der Waals surface area contributed by atoms with Crippen LogP contribution in [0.25, 0.3) is 0 Å². The molecule has 15 heavy (non-hydrogen) atoms. The quantitative estimate of drug-likeness (QED) is 0.727. The third kappa shape index (κ3) is 2.74. The van der Waals surface area contributed by atoms with Crippen molar-refractivity contribution in [3.63, 3.8) is 0 Å². The lowest BCUT2D eigenvalue weighted by Crippen LogP contribution is -2.19. The van der Waals surface area contributed by atoms with Crippen LogP contribution in [-0.4, -0.2) is 16.1 Å². The van der Waals surface area contributed by atoms with E-state index in [9.17, 15) is 0 Å². The number of unbranched alkanes of at least 4 members (excludes halogenated alkanes) is 1. The van der Waals surface area contributed by atoms with E-state index in [2.05, 4.69) is 28.0 Å². The molecule has 1 saturated carbocycles. The first-order chi connectivity index (χ1) is 7.40. The molecule has 1 aliphatic rings. The van der Waals surface area contributed by atoms with Crippen molar-refractivity contribution in [2.75, 3.05) is 11.9 Å². The van der Waals surface area contributed by atoms with Gasteiger partial charge in [0.25, 0.3) is 0 Å². The van der Waals surface area contributed by atoms with Crippen molar-refractivity contribution in [1.29, 1.82) is 0 Å². The molecule has 1 aliphatic carbocycles. The number of nitrogens with zero attached hydrogens (tertiary/aromatic N) is 2. The van der Waals surface area contributed by atoms with Crippen LogP contribution < -0.4 is 5.32 Å². The van der Waals surface area contributed by atoms with E-state index in [4.69, 9.17) is 0 Å². The van der Waals surface area contributed by atoms with Crippen LogP contribution in [0.1, 0.15) is 39.0 Å². The highest BCUT2D eigenvalue weighted by Gasteiger charge is 2.18.